The largest absolute Gasteiger partial charge is 0.396 e. The number of anilines is 1. The second kappa shape index (κ2) is 5.31. The van der Waals surface area contributed by atoms with Crippen molar-refractivity contribution in [2.24, 2.45) is 0 Å². The highest BCUT2D eigenvalue weighted by Gasteiger charge is 2.07. The minimum Gasteiger partial charge on any atom is -0.396 e. The molecule has 0 aliphatic heterocycles. The molecule has 0 aliphatic rings. The van der Waals surface area contributed by atoms with Crippen LogP contribution in [0.2, 0.25) is 0 Å². The summed E-state index contributed by atoms with van der Waals surface area (Å²) in [6, 6.07) is 12.0. The number of nitrogens with two attached hydrogens (primary N) is 1. The van der Waals surface area contributed by atoms with Gasteiger partial charge >= 0.3 is 0 Å². The topological polar surface area (TPSA) is 43.1 Å². The Bertz CT molecular complexity index is 598. The molecule has 94 valence electrons. The zero-order valence-corrected chi connectivity index (χ0v) is 10.8. The zero-order valence-electron chi connectivity index (χ0n) is 10.0. The van der Waals surface area contributed by atoms with Crippen molar-refractivity contribution in [1.82, 2.24) is 0 Å². The second-order valence-electron chi connectivity index (χ2n) is 4.16. The Morgan fingerprint density at radius 1 is 1.22 bits per heavy atom. The molecule has 18 heavy (non-hydrogen) atoms. The van der Waals surface area contributed by atoms with Crippen LogP contribution in [0.1, 0.15) is 11.1 Å². The molecule has 2 N–H and O–H groups in total. The molecule has 2 rings (SSSR count). The van der Waals surface area contributed by atoms with E-state index >= 15 is 0 Å². The first-order valence-corrected chi connectivity index (χ1v) is 6.87. The minimum atomic E-state index is -1.17. The third kappa shape index (κ3) is 2.96. The molecule has 0 radical (unpaired) electrons. The zero-order chi connectivity index (χ0) is 13.1. The van der Waals surface area contributed by atoms with Crippen LogP contribution in [-0.2, 0) is 16.6 Å². The van der Waals surface area contributed by atoms with Crippen LogP contribution in [0.3, 0.4) is 0 Å². The Labute approximate surface area is 108 Å². The molecule has 1 atom stereocenters. The lowest BCUT2D eigenvalue weighted by Gasteiger charge is -2.05. The van der Waals surface area contributed by atoms with Gasteiger partial charge in [-0.1, -0.05) is 18.2 Å². The molecular weight excluding hydrogens is 249 g/mol. The lowest BCUT2D eigenvalue weighted by molar-refractivity contribution is 0.631. The highest BCUT2D eigenvalue weighted by molar-refractivity contribution is 7.84. The van der Waals surface area contributed by atoms with Crippen molar-refractivity contribution in [2.45, 2.75) is 17.6 Å². The smallest absolute Gasteiger partial charge is 0.146 e. The predicted molar refractivity (Wildman–Crippen MR) is 72.1 cm³/mol. The number of hydrogen-bond acceptors (Lipinski definition) is 2. The molecule has 1 unspecified atom stereocenters. The molecule has 0 saturated carbocycles. The van der Waals surface area contributed by atoms with Crippen molar-refractivity contribution in [1.29, 1.82) is 0 Å². The van der Waals surface area contributed by atoms with Crippen molar-refractivity contribution in [3.05, 3.63) is 59.4 Å². The molecule has 0 spiro atoms. The molecule has 2 aromatic rings. The van der Waals surface area contributed by atoms with E-state index in [9.17, 15) is 8.60 Å². The van der Waals surface area contributed by atoms with Gasteiger partial charge in [0.25, 0.3) is 0 Å². The minimum absolute atomic E-state index is 0.111. The normalized spacial score (nSPS) is 12.3. The summed E-state index contributed by atoms with van der Waals surface area (Å²) in [5.41, 5.74) is 7.25. The molecule has 0 amide bonds. The van der Waals surface area contributed by atoms with Crippen LogP contribution in [0.4, 0.5) is 10.1 Å². The summed E-state index contributed by atoms with van der Waals surface area (Å²) in [5, 5.41) is 0. The maximum Gasteiger partial charge on any atom is 0.146 e. The molecule has 2 nitrogen and oxygen atoms in total. The van der Waals surface area contributed by atoms with Gasteiger partial charge in [-0.05, 0) is 42.3 Å². The van der Waals surface area contributed by atoms with Crippen LogP contribution >= 0.6 is 0 Å². The van der Waals surface area contributed by atoms with E-state index in [1.54, 1.807) is 6.07 Å². The van der Waals surface area contributed by atoms with Gasteiger partial charge in [-0.25, -0.2) is 4.39 Å². The van der Waals surface area contributed by atoms with Crippen molar-refractivity contribution in [3.8, 4) is 0 Å². The average Bonchev–Trinajstić information content (AvgIpc) is 2.34. The van der Waals surface area contributed by atoms with E-state index in [0.717, 1.165) is 10.5 Å². The van der Waals surface area contributed by atoms with Gasteiger partial charge in [-0.2, -0.15) is 0 Å². The van der Waals surface area contributed by atoms with Gasteiger partial charge in [0, 0.05) is 4.90 Å². The van der Waals surface area contributed by atoms with E-state index in [-0.39, 0.29) is 5.69 Å². The fraction of sp³-hybridized carbons (Fsp3) is 0.143. The summed E-state index contributed by atoms with van der Waals surface area (Å²) < 4.78 is 25.4. The van der Waals surface area contributed by atoms with Gasteiger partial charge in [0.1, 0.15) is 5.82 Å². The highest BCUT2D eigenvalue weighted by Crippen LogP contribution is 2.17. The first-order chi connectivity index (χ1) is 8.56. The SMILES string of the molecule is Cc1cccc(S(=O)Cc2ccc(N)c(F)c2)c1. The van der Waals surface area contributed by atoms with E-state index < -0.39 is 16.6 Å². The average molecular weight is 263 g/mol. The van der Waals surface area contributed by atoms with Crippen LogP contribution in [0.15, 0.2) is 47.4 Å². The Balaban J connectivity index is 2.18. The number of halogens is 1. The second-order valence-corrected chi connectivity index (χ2v) is 5.61. The quantitative estimate of drug-likeness (QED) is 0.865. The van der Waals surface area contributed by atoms with E-state index in [2.05, 4.69) is 0 Å². The van der Waals surface area contributed by atoms with Crippen molar-refractivity contribution in [2.75, 3.05) is 5.73 Å². The molecular formula is C14H14FNOS. The third-order valence-corrected chi connectivity index (χ3v) is 3.99. The number of benzene rings is 2. The van der Waals surface area contributed by atoms with Gasteiger partial charge < -0.3 is 5.73 Å². The molecule has 2 aromatic carbocycles. The van der Waals surface area contributed by atoms with Gasteiger partial charge in [0.05, 0.1) is 22.2 Å². The highest BCUT2D eigenvalue weighted by atomic mass is 32.2. The van der Waals surface area contributed by atoms with Crippen LogP contribution in [0.5, 0.6) is 0 Å². The third-order valence-electron chi connectivity index (χ3n) is 2.62. The van der Waals surface area contributed by atoms with Crippen LogP contribution in [0.25, 0.3) is 0 Å². The monoisotopic (exact) mass is 263 g/mol. The van der Waals surface area contributed by atoms with Gasteiger partial charge in [-0.15, -0.1) is 0 Å². The summed E-state index contributed by atoms with van der Waals surface area (Å²) in [6.07, 6.45) is 0. The van der Waals surface area contributed by atoms with Gasteiger partial charge in [0.2, 0.25) is 0 Å². The molecule has 0 fully saturated rings. The molecule has 0 heterocycles. The Hall–Kier alpha value is -1.68. The molecule has 0 saturated heterocycles. The van der Waals surface area contributed by atoms with Crippen LogP contribution < -0.4 is 5.73 Å². The standard InChI is InChI=1S/C14H14FNOS/c1-10-3-2-4-12(7-10)18(17)9-11-5-6-14(16)13(15)8-11/h2-8H,9,16H2,1H3. The fourth-order valence-corrected chi connectivity index (χ4v) is 2.85. The van der Waals surface area contributed by atoms with E-state index in [1.807, 2.05) is 31.2 Å². The summed E-state index contributed by atoms with van der Waals surface area (Å²) in [5.74, 6) is -0.172. The van der Waals surface area contributed by atoms with Crippen molar-refractivity contribution >= 4 is 16.5 Å². The lowest BCUT2D eigenvalue weighted by Crippen LogP contribution is -1.99. The number of rotatable bonds is 3. The van der Waals surface area contributed by atoms with Gasteiger partial charge in [-0.3, -0.25) is 4.21 Å². The lowest BCUT2D eigenvalue weighted by atomic mass is 10.2. The molecule has 4 heteroatoms. The summed E-state index contributed by atoms with van der Waals surface area (Å²) in [4.78, 5) is 0.757. The maximum absolute atomic E-state index is 13.3. The first kappa shape index (κ1) is 12.8. The van der Waals surface area contributed by atoms with Crippen LogP contribution in [0, 0.1) is 12.7 Å². The maximum atomic E-state index is 13.3. The first-order valence-electron chi connectivity index (χ1n) is 5.55. The predicted octanol–water partition coefficient (Wildman–Crippen LogP) is 3.02. The van der Waals surface area contributed by atoms with Crippen molar-refractivity contribution < 1.29 is 8.60 Å². The van der Waals surface area contributed by atoms with Crippen molar-refractivity contribution in [3.63, 3.8) is 0 Å². The summed E-state index contributed by atoms with van der Waals surface area (Å²) >= 11 is 0. The number of hydrogen-bond donors (Lipinski definition) is 1. The fourth-order valence-electron chi connectivity index (χ4n) is 1.65. The van der Waals surface area contributed by atoms with E-state index in [4.69, 9.17) is 5.73 Å². The van der Waals surface area contributed by atoms with Crippen LogP contribution in [-0.4, -0.2) is 4.21 Å². The molecule has 0 aliphatic carbocycles. The Morgan fingerprint density at radius 2 is 2.00 bits per heavy atom. The molecule has 0 bridgehead atoms. The summed E-state index contributed by atoms with van der Waals surface area (Å²) in [6.45, 7) is 1.95. The Kier molecular flexibility index (Phi) is 3.77. The van der Waals surface area contributed by atoms with Gasteiger partial charge in [0.15, 0.2) is 0 Å². The molecule has 0 aromatic heterocycles. The van der Waals surface area contributed by atoms with E-state index in [0.29, 0.717) is 11.3 Å². The van der Waals surface area contributed by atoms with E-state index in [1.165, 1.54) is 12.1 Å². The number of aryl methyl sites for hydroxylation is 1. The number of nitrogen functional groups attached to an aromatic ring is 1. The summed E-state index contributed by atoms with van der Waals surface area (Å²) in [7, 11) is -1.17. The Morgan fingerprint density at radius 3 is 2.67 bits per heavy atom.